The topological polar surface area (TPSA) is 100 Å². The van der Waals surface area contributed by atoms with Gasteiger partial charge in [-0.2, -0.15) is 18.3 Å². The Morgan fingerprint density at radius 2 is 2.04 bits per heavy atom. The van der Waals surface area contributed by atoms with Gasteiger partial charge in [0.15, 0.2) is 5.82 Å². The third-order valence-corrected chi connectivity index (χ3v) is 4.01. The Bertz CT molecular complexity index is 940. The highest BCUT2D eigenvalue weighted by Crippen LogP contribution is 2.33. The molecule has 0 unspecified atom stereocenters. The predicted octanol–water partition coefficient (Wildman–Crippen LogP) is 2.91. The van der Waals surface area contributed by atoms with Crippen molar-refractivity contribution in [1.82, 2.24) is 14.6 Å². The van der Waals surface area contributed by atoms with Crippen LogP contribution in [0.1, 0.15) is 24.1 Å². The van der Waals surface area contributed by atoms with Crippen molar-refractivity contribution in [1.29, 1.82) is 0 Å². The number of aliphatic hydroxyl groups excluding tert-OH is 1. The van der Waals surface area contributed by atoms with Gasteiger partial charge in [0.05, 0.1) is 30.1 Å². The first-order valence-electron chi connectivity index (χ1n) is 8.20. The fraction of sp³-hybridized carbons (Fsp3) is 0.294. The monoisotopic (exact) mass is 380 g/mol. The molecule has 0 bridgehead atoms. The molecule has 1 atom stereocenters. The Labute approximate surface area is 153 Å². The normalized spacial score (nSPS) is 12.9. The van der Waals surface area contributed by atoms with Gasteiger partial charge >= 0.3 is 6.18 Å². The number of alkyl halides is 3. The standard InChI is InChI=1S/C17H19F3N6O/c1-10(11-4-12(17(18,19)20)6-13(21)5-11)25-16-15-7-14(22-2-3-27)8-26(15)24-9-23-16/h4-10,22,27H,2-3,21H2,1H3,(H,23,24,25)/t10-/m1/s1. The molecule has 2 aromatic heterocycles. The number of hydrogen-bond donors (Lipinski definition) is 4. The van der Waals surface area contributed by atoms with Gasteiger partial charge < -0.3 is 21.5 Å². The molecule has 0 aliphatic heterocycles. The van der Waals surface area contributed by atoms with Crippen molar-refractivity contribution < 1.29 is 18.3 Å². The first-order valence-corrected chi connectivity index (χ1v) is 8.20. The maximum atomic E-state index is 13.0. The lowest BCUT2D eigenvalue weighted by molar-refractivity contribution is -0.137. The third-order valence-electron chi connectivity index (χ3n) is 4.01. The molecule has 3 aromatic rings. The summed E-state index contributed by atoms with van der Waals surface area (Å²) in [6.07, 6.45) is -1.40. The second-order valence-electron chi connectivity index (χ2n) is 6.07. The Balaban J connectivity index is 1.89. The van der Waals surface area contributed by atoms with E-state index in [1.807, 2.05) is 0 Å². The minimum absolute atomic E-state index is 0.0169. The summed E-state index contributed by atoms with van der Waals surface area (Å²) in [7, 11) is 0. The maximum absolute atomic E-state index is 13.0. The van der Waals surface area contributed by atoms with E-state index in [-0.39, 0.29) is 12.3 Å². The van der Waals surface area contributed by atoms with E-state index in [0.717, 1.165) is 17.8 Å². The van der Waals surface area contributed by atoms with Crippen LogP contribution in [0.25, 0.3) is 5.52 Å². The molecule has 0 fully saturated rings. The van der Waals surface area contributed by atoms with E-state index < -0.39 is 17.8 Å². The van der Waals surface area contributed by atoms with Crippen molar-refractivity contribution in [3.8, 4) is 0 Å². The number of fused-ring (bicyclic) bond motifs is 1. The molecule has 1 aromatic carbocycles. The average molecular weight is 380 g/mol. The van der Waals surface area contributed by atoms with Crippen LogP contribution in [0, 0.1) is 0 Å². The van der Waals surface area contributed by atoms with Crippen LogP contribution in [0.15, 0.2) is 36.8 Å². The molecule has 5 N–H and O–H groups in total. The third kappa shape index (κ3) is 4.22. The van der Waals surface area contributed by atoms with Crippen LogP contribution in [-0.4, -0.2) is 32.9 Å². The van der Waals surface area contributed by atoms with Crippen LogP contribution in [0.2, 0.25) is 0 Å². The summed E-state index contributed by atoms with van der Waals surface area (Å²) >= 11 is 0. The number of benzene rings is 1. The summed E-state index contributed by atoms with van der Waals surface area (Å²) < 4.78 is 40.7. The summed E-state index contributed by atoms with van der Waals surface area (Å²) in [5.41, 5.74) is 6.66. The van der Waals surface area contributed by atoms with Gasteiger partial charge in [-0.15, -0.1) is 0 Å². The van der Waals surface area contributed by atoms with Crippen LogP contribution in [0.3, 0.4) is 0 Å². The molecule has 144 valence electrons. The Morgan fingerprint density at radius 3 is 2.74 bits per heavy atom. The highest BCUT2D eigenvalue weighted by Gasteiger charge is 2.31. The van der Waals surface area contributed by atoms with Gasteiger partial charge in [-0.3, -0.25) is 0 Å². The molecule has 10 heteroatoms. The van der Waals surface area contributed by atoms with E-state index in [4.69, 9.17) is 10.8 Å². The number of nitrogen functional groups attached to an aromatic ring is 1. The summed E-state index contributed by atoms with van der Waals surface area (Å²) in [5.74, 6) is 0.463. The zero-order valence-electron chi connectivity index (χ0n) is 14.5. The van der Waals surface area contributed by atoms with Gasteiger partial charge in [0.25, 0.3) is 0 Å². The van der Waals surface area contributed by atoms with Crippen molar-refractivity contribution in [3.63, 3.8) is 0 Å². The molecule has 27 heavy (non-hydrogen) atoms. The van der Waals surface area contributed by atoms with Crippen LogP contribution >= 0.6 is 0 Å². The fourth-order valence-electron chi connectivity index (χ4n) is 2.72. The molecule has 0 amide bonds. The van der Waals surface area contributed by atoms with Gasteiger partial charge in [0.1, 0.15) is 11.8 Å². The van der Waals surface area contributed by atoms with Gasteiger partial charge in [-0.05, 0) is 36.8 Å². The second kappa shape index (κ2) is 7.31. The number of hydrogen-bond acceptors (Lipinski definition) is 6. The molecule has 0 aliphatic rings. The van der Waals surface area contributed by atoms with Gasteiger partial charge in [0.2, 0.25) is 0 Å². The van der Waals surface area contributed by atoms with E-state index >= 15 is 0 Å². The molecule has 0 spiro atoms. The van der Waals surface area contributed by atoms with E-state index in [1.165, 1.54) is 12.4 Å². The highest BCUT2D eigenvalue weighted by molar-refractivity contribution is 5.73. The molecule has 0 aliphatic carbocycles. The Hall–Kier alpha value is -3.01. The number of nitrogens with zero attached hydrogens (tertiary/aromatic N) is 3. The van der Waals surface area contributed by atoms with Crippen LogP contribution in [-0.2, 0) is 6.18 Å². The number of aromatic nitrogens is 3. The minimum atomic E-state index is -4.47. The van der Waals surface area contributed by atoms with Crippen molar-refractivity contribution in [2.24, 2.45) is 0 Å². The number of aliphatic hydroxyl groups is 1. The van der Waals surface area contributed by atoms with Gasteiger partial charge in [-0.1, -0.05) is 0 Å². The first-order chi connectivity index (χ1) is 12.8. The smallest absolute Gasteiger partial charge is 0.399 e. The fourth-order valence-corrected chi connectivity index (χ4v) is 2.72. The van der Waals surface area contributed by atoms with Crippen molar-refractivity contribution >= 4 is 22.7 Å². The van der Waals surface area contributed by atoms with Crippen LogP contribution in [0.5, 0.6) is 0 Å². The van der Waals surface area contributed by atoms with E-state index in [1.54, 1.807) is 23.7 Å². The summed E-state index contributed by atoms with van der Waals surface area (Å²) in [4.78, 5) is 4.19. The highest BCUT2D eigenvalue weighted by atomic mass is 19.4. The summed E-state index contributed by atoms with van der Waals surface area (Å²) in [5, 5.41) is 19.1. The molecular weight excluding hydrogens is 361 g/mol. The first kappa shape index (κ1) is 18.8. The minimum Gasteiger partial charge on any atom is -0.399 e. The quantitative estimate of drug-likeness (QED) is 0.491. The molecule has 7 nitrogen and oxygen atoms in total. The number of rotatable bonds is 6. The van der Waals surface area contributed by atoms with Gasteiger partial charge in [0, 0.05) is 12.2 Å². The molecule has 3 rings (SSSR count). The average Bonchev–Trinajstić information content (AvgIpc) is 3.02. The Kier molecular flexibility index (Phi) is 5.08. The van der Waals surface area contributed by atoms with E-state index in [9.17, 15) is 13.2 Å². The number of nitrogens with one attached hydrogen (secondary N) is 2. The largest absolute Gasteiger partial charge is 0.416 e. The molecule has 2 heterocycles. The summed E-state index contributed by atoms with van der Waals surface area (Å²) in [6, 6.07) is 4.78. The lowest BCUT2D eigenvalue weighted by Gasteiger charge is -2.18. The predicted molar refractivity (Wildman–Crippen MR) is 96.5 cm³/mol. The van der Waals surface area contributed by atoms with Crippen LogP contribution < -0.4 is 16.4 Å². The number of halogens is 3. The van der Waals surface area contributed by atoms with Crippen LogP contribution in [0.4, 0.5) is 30.4 Å². The molecular formula is C17H19F3N6O. The zero-order chi connectivity index (χ0) is 19.6. The van der Waals surface area contributed by atoms with Crippen molar-refractivity contribution in [2.75, 3.05) is 29.5 Å². The maximum Gasteiger partial charge on any atom is 0.416 e. The van der Waals surface area contributed by atoms with Crippen molar-refractivity contribution in [3.05, 3.63) is 47.9 Å². The zero-order valence-corrected chi connectivity index (χ0v) is 14.5. The number of anilines is 3. The second-order valence-corrected chi connectivity index (χ2v) is 6.07. The molecule has 0 radical (unpaired) electrons. The lowest BCUT2D eigenvalue weighted by atomic mass is 10.0. The summed E-state index contributed by atoms with van der Waals surface area (Å²) in [6.45, 7) is 2.09. The Morgan fingerprint density at radius 1 is 1.26 bits per heavy atom. The molecule has 0 saturated carbocycles. The van der Waals surface area contributed by atoms with Crippen molar-refractivity contribution in [2.45, 2.75) is 19.1 Å². The van der Waals surface area contributed by atoms with Gasteiger partial charge in [-0.25, -0.2) is 9.50 Å². The van der Waals surface area contributed by atoms with E-state index in [2.05, 4.69) is 20.7 Å². The lowest BCUT2D eigenvalue weighted by Crippen LogP contribution is -2.12. The molecule has 0 saturated heterocycles. The number of nitrogens with two attached hydrogens (primary N) is 1. The van der Waals surface area contributed by atoms with E-state index in [0.29, 0.717) is 23.4 Å². The SMILES string of the molecule is C[C@@H](Nc1ncnn2cc(NCCO)cc12)c1cc(N)cc(C(F)(F)F)c1.